The molecule has 32 heavy (non-hydrogen) atoms. The zero-order valence-electron chi connectivity index (χ0n) is 17.2. The number of hydrogen-bond acceptors (Lipinski definition) is 1. The van der Waals surface area contributed by atoms with E-state index < -0.39 is 23.3 Å². The topological polar surface area (TPSA) is 9.23 Å². The molecule has 0 aliphatic rings. The van der Waals surface area contributed by atoms with Crippen molar-refractivity contribution in [1.29, 1.82) is 0 Å². The fourth-order valence-electron chi connectivity index (χ4n) is 3.40. The molecule has 0 saturated heterocycles. The van der Waals surface area contributed by atoms with Gasteiger partial charge < -0.3 is 4.74 Å². The number of methoxy groups -OCH3 is 1. The van der Waals surface area contributed by atoms with E-state index in [0.29, 0.717) is 12.2 Å². The first-order chi connectivity index (χ1) is 15.5. The lowest BCUT2D eigenvalue weighted by atomic mass is 10.0. The zero-order chi connectivity index (χ0) is 22.7. The van der Waals surface area contributed by atoms with Gasteiger partial charge in [-0.3, -0.25) is 0 Å². The minimum Gasteiger partial charge on any atom is -0.384 e. The molecule has 0 aliphatic heterocycles. The molecule has 0 fully saturated rings. The van der Waals surface area contributed by atoms with Crippen LogP contribution in [0.4, 0.5) is 17.6 Å². The minimum absolute atomic E-state index is 0.0433. The summed E-state index contributed by atoms with van der Waals surface area (Å²) in [6.45, 7) is 0.638. The second-order valence-corrected chi connectivity index (χ2v) is 7.31. The zero-order valence-corrected chi connectivity index (χ0v) is 17.2. The van der Waals surface area contributed by atoms with Crippen LogP contribution in [0.15, 0.2) is 66.7 Å². The second-order valence-electron chi connectivity index (χ2n) is 7.31. The lowest BCUT2D eigenvalue weighted by Crippen LogP contribution is -1.94. The van der Waals surface area contributed by atoms with E-state index in [1.54, 1.807) is 19.2 Å². The molecule has 4 aromatic rings. The second kappa shape index (κ2) is 9.25. The lowest BCUT2D eigenvalue weighted by molar-refractivity contribution is 0.202. The predicted octanol–water partition coefficient (Wildman–Crippen LogP) is 6.65. The van der Waals surface area contributed by atoms with Crippen LogP contribution in [0, 0.1) is 35.1 Å². The molecule has 4 rings (SSSR count). The lowest BCUT2D eigenvalue weighted by Gasteiger charge is -2.05. The van der Waals surface area contributed by atoms with Crippen molar-refractivity contribution in [3.63, 3.8) is 0 Å². The van der Waals surface area contributed by atoms with E-state index in [9.17, 15) is 17.6 Å². The number of ether oxygens (including phenoxy) is 1. The van der Waals surface area contributed by atoms with Gasteiger partial charge in [0.1, 0.15) is 5.82 Å². The molecule has 0 atom stereocenters. The van der Waals surface area contributed by atoms with Gasteiger partial charge in [-0.2, -0.15) is 0 Å². The number of halogens is 4. The minimum atomic E-state index is -1.51. The molecule has 5 heteroatoms. The van der Waals surface area contributed by atoms with Crippen LogP contribution in [0.2, 0.25) is 0 Å². The number of rotatable bonds is 4. The standard InChI is InChI=1S/C27H18F4O/c1-32-13-12-17-2-6-19(7-3-17)21-10-9-20(24(28)15-21)8-4-18-5-11-23-22(14-18)16-25(29)27(31)26(23)30/h2-3,5-7,9-11,14-16H,12-13H2,1H3. The van der Waals surface area contributed by atoms with Gasteiger partial charge in [-0.05, 0) is 58.8 Å². The van der Waals surface area contributed by atoms with Crippen molar-refractivity contribution in [3.05, 3.63) is 107 Å². The van der Waals surface area contributed by atoms with Crippen LogP contribution in [-0.2, 0) is 11.2 Å². The Labute approximate surface area is 183 Å². The molecular weight excluding hydrogens is 416 g/mol. The Morgan fingerprint density at radius 3 is 2.19 bits per heavy atom. The fourth-order valence-corrected chi connectivity index (χ4v) is 3.40. The monoisotopic (exact) mass is 434 g/mol. The molecule has 0 radical (unpaired) electrons. The summed E-state index contributed by atoms with van der Waals surface area (Å²) in [5.74, 6) is 1.04. The van der Waals surface area contributed by atoms with Crippen molar-refractivity contribution >= 4 is 10.8 Å². The van der Waals surface area contributed by atoms with E-state index in [4.69, 9.17) is 4.74 Å². The molecule has 0 spiro atoms. The quantitative estimate of drug-likeness (QED) is 0.198. The third-order valence-electron chi connectivity index (χ3n) is 5.17. The summed E-state index contributed by atoms with van der Waals surface area (Å²) in [5, 5.41) is 0.135. The van der Waals surface area contributed by atoms with Crippen LogP contribution in [0.1, 0.15) is 16.7 Å². The van der Waals surface area contributed by atoms with Crippen LogP contribution in [-0.4, -0.2) is 13.7 Å². The van der Waals surface area contributed by atoms with Crippen molar-refractivity contribution in [2.45, 2.75) is 6.42 Å². The van der Waals surface area contributed by atoms with Crippen molar-refractivity contribution in [3.8, 4) is 23.0 Å². The fraction of sp³-hybridized carbons (Fsp3) is 0.111. The molecule has 0 aliphatic carbocycles. The summed E-state index contributed by atoms with van der Waals surface area (Å²) in [6, 6.07) is 17.8. The molecular formula is C27H18F4O. The summed E-state index contributed by atoms with van der Waals surface area (Å²) in [7, 11) is 1.66. The highest BCUT2D eigenvalue weighted by molar-refractivity contribution is 5.84. The highest BCUT2D eigenvalue weighted by Crippen LogP contribution is 2.25. The summed E-state index contributed by atoms with van der Waals surface area (Å²) < 4.78 is 60.4. The SMILES string of the molecule is COCCc1ccc(-c2ccc(C#Cc3ccc4c(F)c(F)c(F)cc4c3)c(F)c2)cc1. The predicted molar refractivity (Wildman–Crippen MR) is 117 cm³/mol. The molecule has 0 saturated carbocycles. The molecule has 0 N–H and O–H groups in total. The molecule has 160 valence electrons. The average molecular weight is 434 g/mol. The van der Waals surface area contributed by atoms with E-state index in [0.717, 1.165) is 29.2 Å². The van der Waals surface area contributed by atoms with E-state index in [2.05, 4.69) is 11.8 Å². The highest BCUT2D eigenvalue weighted by atomic mass is 19.2. The smallest absolute Gasteiger partial charge is 0.195 e. The maximum Gasteiger partial charge on any atom is 0.195 e. The first-order valence-corrected chi connectivity index (χ1v) is 9.93. The Bertz CT molecular complexity index is 1350. The van der Waals surface area contributed by atoms with Crippen molar-refractivity contribution in [1.82, 2.24) is 0 Å². The van der Waals surface area contributed by atoms with Gasteiger partial charge in [0.25, 0.3) is 0 Å². The van der Waals surface area contributed by atoms with E-state index in [-0.39, 0.29) is 16.3 Å². The third kappa shape index (κ3) is 4.51. The summed E-state index contributed by atoms with van der Waals surface area (Å²) >= 11 is 0. The van der Waals surface area contributed by atoms with Gasteiger partial charge >= 0.3 is 0 Å². The third-order valence-corrected chi connectivity index (χ3v) is 5.17. The summed E-state index contributed by atoms with van der Waals surface area (Å²) in [5.41, 5.74) is 3.37. The maximum absolute atomic E-state index is 14.6. The van der Waals surface area contributed by atoms with Crippen LogP contribution >= 0.6 is 0 Å². The van der Waals surface area contributed by atoms with E-state index in [1.165, 1.54) is 24.3 Å². The van der Waals surface area contributed by atoms with Gasteiger partial charge in [0.2, 0.25) is 0 Å². The van der Waals surface area contributed by atoms with Crippen LogP contribution < -0.4 is 0 Å². The Kier molecular flexibility index (Phi) is 6.25. The Hall–Kier alpha value is -3.62. The number of fused-ring (bicyclic) bond motifs is 1. The van der Waals surface area contributed by atoms with Crippen LogP contribution in [0.5, 0.6) is 0 Å². The van der Waals surface area contributed by atoms with E-state index >= 15 is 0 Å². The van der Waals surface area contributed by atoms with Crippen molar-refractivity contribution in [2.75, 3.05) is 13.7 Å². The molecule has 0 aromatic heterocycles. The Balaban J connectivity index is 1.58. The van der Waals surface area contributed by atoms with Gasteiger partial charge in [-0.1, -0.05) is 48.2 Å². The van der Waals surface area contributed by atoms with Crippen LogP contribution in [0.25, 0.3) is 21.9 Å². The van der Waals surface area contributed by atoms with Crippen LogP contribution in [0.3, 0.4) is 0 Å². The first-order valence-electron chi connectivity index (χ1n) is 9.93. The molecule has 4 aromatic carbocycles. The van der Waals surface area contributed by atoms with Gasteiger partial charge in [0.15, 0.2) is 17.5 Å². The van der Waals surface area contributed by atoms with Gasteiger partial charge in [-0.25, -0.2) is 17.6 Å². The van der Waals surface area contributed by atoms with E-state index in [1.807, 2.05) is 24.3 Å². The first kappa shape index (κ1) is 21.6. The summed E-state index contributed by atoms with van der Waals surface area (Å²) in [6.07, 6.45) is 0.808. The largest absolute Gasteiger partial charge is 0.384 e. The molecule has 0 heterocycles. The molecule has 0 bridgehead atoms. The van der Waals surface area contributed by atoms with Gasteiger partial charge in [0.05, 0.1) is 12.2 Å². The Morgan fingerprint density at radius 2 is 1.47 bits per heavy atom. The number of hydrogen-bond donors (Lipinski definition) is 0. The maximum atomic E-state index is 14.6. The average Bonchev–Trinajstić information content (AvgIpc) is 2.80. The molecule has 0 unspecified atom stereocenters. The highest BCUT2D eigenvalue weighted by Gasteiger charge is 2.13. The normalized spacial score (nSPS) is 10.8. The van der Waals surface area contributed by atoms with Gasteiger partial charge in [0, 0.05) is 18.1 Å². The molecule has 0 amide bonds. The summed E-state index contributed by atoms with van der Waals surface area (Å²) in [4.78, 5) is 0. The van der Waals surface area contributed by atoms with Gasteiger partial charge in [-0.15, -0.1) is 0 Å². The molecule has 1 nitrogen and oxygen atoms in total. The Morgan fingerprint density at radius 1 is 0.719 bits per heavy atom. The van der Waals surface area contributed by atoms with Crippen molar-refractivity contribution in [2.24, 2.45) is 0 Å². The number of benzene rings is 4. The van der Waals surface area contributed by atoms with Crippen molar-refractivity contribution < 1.29 is 22.3 Å².